The van der Waals surface area contributed by atoms with E-state index in [1.54, 1.807) is 0 Å². The molecule has 1 saturated carbocycles. The first kappa shape index (κ1) is 11.9. The van der Waals surface area contributed by atoms with Gasteiger partial charge in [-0.25, -0.2) is 0 Å². The molecule has 0 bridgehead atoms. The molecule has 1 aliphatic carbocycles. The van der Waals surface area contributed by atoms with E-state index in [9.17, 15) is 0 Å². The van der Waals surface area contributed by atoms with Crippen LogP contribution >= 0.6 is 11.6 Å². The number of hydrogen-bond acceptors (Lipinski definition) is 2. The zero-order valence-corrected chi connectivity index (χ0v) is 11.3. The highest BCUT2D eigenvalue weighted by Gasteiger charge is 2.32. The summed E-state index contributed by atoms with van der Waals surface area (Å²) in [5, 5.41) is 8.83. The minimum absolute atomic E-state index is 0.00243. The van der Waals surface area contributed by atoms with Crippen LogP contribution in [0.15, 0.2) is 0 Å². The van der Waals surface area contributed by atoms with Crippen molar-refractivity contribution in [3.8, 4) is 0 Å². The summed E-state index contributed by atoms with van der Waals surface area (Å²) >= 11 is 6.19. The van der Waals surface area contributed by atoms with Crippen LogP contribution in [0.25, 0.3) is 0 Å². The SMILES string of the molecule is CC1CCCC1n1c(Cl)nnc1C(C)(C)C. The van der Waals surface area contributed by atoms with E-state index in [0.29, 0.717) is 17.2 Å². The molecule has 0 saturated heterocycles. The first-order valence-corrected chi connectivity index (χ1v) is 6.40. The molecule has 90 valence electrons. The maximum absolute atomic E-state index is 6.19. The molecule has 2 rings (SSSR count). The van der Waals surface area contributed by atoms with Gasteiger partial charge in [0.05, 0.1) is 0 Å². The van der Waals surface area contributed by atoms with E-state index >= 15 is 0 Å². The fourth-order valence-electron chi connectivity index (χ4n) is 2.59. The molecule has 0 radical (unpaired) electrons. The van der Waals surface area contributed by atoms with E-state index in [1.165, 1.54) is 19.3 Å². The Hall–Kier alpha value is -0.570. The first-order chi connectivity index (χ1) is 7.41. The zero-order valence-electron chi connectivity index (χ0n) is 10.5. The third-order valence-electron chi connectivity index (χ3n) is 3.47. The highest BCUT2D eigenvalue weighted by molar-refractivity contribution is 6.28. The van der Waals surface area contributed by atoms with Gasteiger partial charge in [0, 0.05) is 11.5 Å². The minimum Gasteiger partial charge on any atom is -0.298 e. The topological polar surface area (TPSA) is 30.7 Å². The quantitative estimate of drug-likeness (QED) is 0.752. The van der Waals surface area contributed by atoms with E-state index in [0.717, 1.165) is 5.82 Å². The third kappa shape index (κ3) is 1.97. The van der Waals surface area contributed by atoms with Gasteiger partial charge < -0.3 is 0 Å². The molecule has 1 aliphatic rings. The van der Waals surface area contributed by atoms with E-state index in [4.69, 9.17) is 11.6 Å². The molecular formula is C12H20ClN3. The second kappa shape index (κ2) is 4.02. The Bertz CT molecular complexity index is 378. The van der Waals surface area contributed by atoms with Gasteiger partial charge in [0.15, 0.2) is 0 Å². The molecular weight excluding hydrogens is 222 g/mol. The monoisotopic (exact) mass is 241 g/mol. The Balaban J connectivity index is 2.43. The average Bonchev–Trinajstić information content (AvgIpc) is 2.70. The summed E-state index contributed by atoms with van der Waals surface area (Å²) < 4.78 is 2.15. The molecule has 1 aromatic rings. The molecule has 0 aliphatic heterocycles. The van der Waals surface area contributed by atoms with E-state index < -0.39 is 0 Å². The van der Waals surface area contributed by atoms with Gasteiger partial charge in [-0.05, 0) is 30.4 Å². The predicted octanol–water partition coefficient (Wildman–Crippen LogP) is 3.59. The van der Waals surface area contributed by atoms with Gasteiger partial charge in [-0.3, -0.25) is 4.57 Å². The van der Waals surface area contributed by atoms with Crippen LogP contribution in [-0.2, 0) is 5.41 Å². The number of halogens is 1. The van der Waals surface area contributed by atoms with Gasteiger partial charge in [0.1, 0.15) is 5.82 Å². The molecule has 1 aromatic heterocycles. The van der Waals surface area contributed by atoms with Crippen LogP contribution in [-0.4, -0.2) is 14.8 Å². The Morgan fingerprint density at radius 2 is 1.94 bits per heavy atom. The van der Waals surface area contributed by atoms with Gasteiger partial charge in [-0.2, -0.15) is 0 Å². The van der Waals surface area contributed by atoms with Crippen LogP contribution in [0.5, 0.6) is 0 Å². The van der Waals surface area contributed by atoms with Crippen molar-refractivity contribution >= 4 is 11.6 Å². The second-order valence-corrected chi connectivity index (χ2v) is 6.23. The third-order valence-corrected chi connectivity index (χ3v) is 3.73. The lowest BCUT2D eigenvalue weighted by Gasteiger charge is -2.25. The molecule has 2 unspecified atom stereocenters. The van der Waals surface area contributed by atoms with Crippen molar-refractivity contribution in [2.24, 2.45) is 5.92 Å². The van der Waals surface area contributed by atoms with Gasteiger partial charge in [0.2, 0.25) is 5.28 Å². The highest BCUT2D eigenvalue weighted by Crippen LogP contribution is 2.39. The first-order valence-electron chi connectivity index (χ1n) is 6.02. The maximum Gasteiger partial charge on any atom is 0.225 e. The van der Waals surface area contributed by atoms with Crippen LogP contribution in [0.4, 0.5) is 0 Å². The normalized spacial score (nSPS) is 26.3. The number of rotatable bonds is 1. The van der Waals surface area contributed by atoms with Crippen LogP contribution < -0.4 is 0 Å². The van der Waals surface area contributed by atoms with Crippen molar-refractivity contribution in [1.82, 2.24) is 14.8 Å². The smallest absolute Gasteiger partial charge is 0.225 e. The molecule has 3 nitrogen and oxygen atoms in total. The minimum atomic E-state index is 0.00243. The van der Waals surface area contributed by atoms with E-state index in [1.807, 2.05) is 0 Å². The number of nitrogens with zero attached hydrogens (tertiary/aromatic N) is 3. The van der Waals surface area contributed by atoms with Crippen molar-refractivity contribution in [2.75, 3.05) is 0 Å². The fourth-order valence-corrected chi connectivity index (χ4v) is 2.83. The molecule has 16 heavy (non-hydrogen) atoms. The van der Waals surface area contributed by atoms with Crippen molar-refractivity contribution < 1.29 is 0 Å². The summed E-state index contributed by atoms with van der Waals surface area (Å²) in [6.07, 6.45) is 3.76. The molecule has 0 aromatic carbocycles. The van der Waals surface area contributed by atoms with Crippen molar-refractivity contribution in [3.05, 3.63) is 11.1 Å². The van der Waals surface area contributed by atoms with E-state index in [2.05, 4.69) is 42.5 Å². The average molecular weight is 242 g/mol. The summed E-state index contributed by atoms with van der Waals surface area (Å²) in [5.74, 6) is 1.69. The zero-order chi connectivity index (χ0) is 11.9. The van der Waals surface area contributed by atoms with Gasteiger partial charge in [-0.15, -0.1) is 10.2 Å². The Labute approximate surface area is 102 Å². The van der Waals surface area contributed by atoms with Crippen LogP contribution in [0, 0.1) is 5.92 Å². The second-order valence-electron chi connectivity index (χ2n) is 5.89. The van der Waals surface area contributed by atoms with Gasteiger partial charge in [-0.1, -0.05) is 34.1 Å². The molecule has 0 amide bonds. The standard InChI is InChI=1S/C12H20ClN3/c1-8-6-5-7-9(8)16-10(12(2,3)4)14-15-11(16)13/h8-9H,5-7H2,1-4H3. The van der Waals surface area contributed by atoms with Crippen LogP contribution in [0.2, 0.25) is 5.28 Å². The predicted molar refractivity (Wildman–Crippen MR) is 65.8 cm³/mol. The largest absolute Gasteiger partial charge is 0.298 e. The molecule has 2 atom stereocenters. The van der Waals surface area contributed by atoms with E-state index in [-0.39, 0.29) is 5.41 Å². The van der Waals surface area contributed by atoms with Crippen molar-refractivity contribution in [1.29, 1.82) is 0 Å². The molecule has 0 N–H and O–H groups in total. The maximum atomic E-state index is 6.19. The molecule has 1 heterocycles. The summed E-state index contributed by atoms with van der Waals surface area (Å²) in [7, 11) is 0. The van der Waals surface area contributed by atoms with Crippen LogP contribution in [0.3, 0.4) is 0 Å². The number of hydrogen-bond donors (Lipinski definition) is 0. The summed E-state index contributed by atoms with van der Waals surface area (Å²) in [4.78, 5) is 0. The lowest BCUT2D eigenvalue weighted by molar-refractivity contribution is 0.371. The summed E-state index contributed by atoms with van der Waals surface area (Å²) in [5.41, 5.74) is 0.00243. The van der Waals surface area contributed by atoms with Gasteiger partial charge in [0.25, 0.3) is 0 Å². The number of aromatic nitrogens is 3. The summed E-state index contributed by atoms with van der Waals surface area (Å²) in [6, 6.07) is 0.483. The molecule has 0 spiro atoms. The highest BCUT2D eigenvalue weighted by atomic mass is 35.5. The van der Waals surface area contributed by atoms with Crippen LogP contribution in [0.1, 0.15) is 58.8 Å². The Kier molecular flexibility index (Phi) is 2.99. The lowest BCUT2D eigenvalue weighted by Crippen LogP contribution is -2.23. The Morgan fingerprint density at radius 3 is 2.44 bits per heavy atom. The van der Waals surface area contributed by atoms with Crippen molar-refractivity contribution in [2.45, 2.75) is 58.4 Å². The van der Waals surface area contributed by atoms with Crippen molar-refractivity contribution in [3.63, 3.8) is 0 Å². The van der Waals surface area contributed by atoms with Gasteiger partial charge >= 0.3 is 0 Å². The fraction of sp³-hybridized carbons (Fsp3) is 0.833. The molecule has 1 fully saturated rings. The lowest BCUT2D eigenvalue weighted by atomic mass is 9.94. The Morgan fingerprint density at radius 1 is 1.25 bits per heavy atom. The molecule has 4 heteroatoms. The summed E-state index contributed by atoms with van der Waals surface area (Å²) in [6.45, 7) is 8.76.